The highest BCUT2D eigenvalue weighted by molar-refractivity contribution is 9.10. The zero-order valence-electron chi connectivity index (χ0n) is 9.65. The number of phenolic OH excluding ortho intramolecular Hbond substituents is 1. The zero-order chi connectivity index (χ0) is 12.3. The number of aromatic hydroxyl groups is 1. The average Bonchev–Trinajstić information content (AvgIpc) is 2.35. The molecule has 0 saturated heterocycles. The third-order valence-corrected chi connectivity index (χ3v) is 3.29. The summed E-state index contributed by atoms with van der Waals surface area (Å²) >= 11 is 3.44. The molecular weight excluding hydrogens is 276 g/mol. The molecule has 0 aliphatic carbocycles. The topological polar surface area (TPSA) is 20.2 Å². The molecule has 0 unspecified atom stereocenters. The molecule has 0 fully saturated rings. The predicted octanol–water partition coefficient (Wildman–Crippen LogP) is 4.54. The van der Waals surface area contributed by atoms with E-state index < -0.39 is 0 Å². The van der Waals surface area contributed by atoms with Crippen molar-refractivity contribution in [2.24, 2.45) is 0 Å². The van der Waals surface area contributed by atoms with Gasteiger partial charge in [-0.25, -0.2) is 0 Å². The standard InChI is InChI=1S/C15H14BrO/c1-2-15(11-3-7-13(16)8-4-11)12-5-9-14(17)10-6-12/h3-10,17H,2H2,1H3. The minimum absolute atomic E-state index is 0.306. The van der Waals surface area contributed by atoms with Crippen molar-refractivity contribution in [3.8, 4) is 5.75 Å². The fraction of sp³-hybridized carbons (Fsp3) is 0.133. The molecule has 0 heterocycles. The van der Waals surface area contributed by atoms with Crippen LogP contribution in [0.15, 0.2) is 53.0 Å². The maximum absolute atomic E-state index is 9.30. The largest absolute Gasteiger partial charge is 0.508 e. The van der Waals surface area contributed by atoms with Crippen molar-refractivity contribution in [1.82, 2.24) is 0 Å². The molecule has 0 spiro atoms. The van der Waals surface area contributed by atoms with Crippen LogP contribution < -0.4 is 0 Å². The molecule has 0 amide bonds. The fourth-order valence-electron chi connectivity index (χ4n) is 1.89. The van der Waals surface area contributed by atoms with Crippen LogP contribution in [0.4, 0.5) is 0 Å². The summed E-state index contributed by atoms with van der Waals surface area (Å²) < 4.78 is 1.09. The smallest absolute Gasteiger partial charge is 0.115 e. The lowest BCUT2D eigenvalue weighted by molar-refractivity contribution is 0.475. The highest BCUT2D eigenvalue weighted by Crippen LogP contribution is 2.28. The van der Waals surface area contributed by atoms with Gasteiger partial charge in [-0.1, -0.05) is 47.1 Å². The van der Waals surface area contributed by atoms with Gasteiger partial charge in [-0.15, -0.1) is 0 Å². The highest BCUT2D eigenvalue weighted by Gasteiger charge is 2.12. The van der Waals surface area contributed by atoms with Crippen molar-refractivity contribution in [2.45, 2.75) is 13.3 Å². The van der Waals surface area contributed by atoms with Crippen LogP contribution in [0, 0.1) is 5.92 Å². The van der Waals surface area contributed by atoms with Gasteiger partial charge in [0.25, 0.3) is 0 Å². The normalized spacial score (nSPS) is 10.8. The molecule has 0 bridgehead atoms. The van der Waals surface area contributed by atoms with Crippen LogP contribution in [0.25, 0.3) is 0 Å². The molecule has 0 aliphatic heterocycles. The third-order valence-electron chi connectivity index (χ3n) is 2.76. The Labute approximate surface area is 110 Å². The molecule has 2 aromatic carbocycles. The highest BCUT2D eigenvalue weighted by atomic mass is 79.9. The van der Waals surface area contributed by atoms with Crippen LogP contribution in [0.2, 0.25) is 0 Å². The van der Waals surface area contributed by atoms with Crippen LogP contribution in [0.5, 0.6) is 5.75 Å². The maximum Gasteiger partial charge on any atom is 0.115 e. The number of phenols is 1. The molecule has 2 heteroatoms. The first-order valence-electron chi connectivity index (χ1n) is 5.62. The molecule has 0 aliphatic rings. The summed E-state index contributed by atoms with van der Waals surface area (Å²) in [6, 6.07) is 15.7. The minimum atomic E-state index is 0.306. The van der Waals surface area contributed by atoms with E-state index in [-0.39, 0.29) is 0 Å². The van der Waals surface area contributed by atoms with Gasteiger partial charge in [0.15, 0.2) is 0 Å². The zero-order valence-corrected chi connectivity index (χ0v) is 11.2. The SMILES string of the molecule is CC[C](c1ccc(O)cc1)c1ccc(Br)cc1. The van der Waals surface area contributed by atoms with Gasteiger partial charge in [0.05, 0.1) is 0 Å². The van der Waals surface area contributed by atoms with Crippen molar-refractivity contribution in [3.05, 3.63) is 70.0 Å². The fourth-order valence-corrected chi connectivity index (χ4v) is 2.15. The van der Waals surface area contributed by atoms with E-state index in [1.165, 1.54) is 11.5 Å². The van der Waals surface area contributed by atoms with Gasteiger partial charge >= 0.3 is 0 Å². The molecule has 87 valence electrons. The monoisotopic (exact) mass is 289 g/mol. The van der Waals surface area contributed by atoms with Gasteiger partial charge in [0.1, 0.15) is 5.75 Å². The summed E-state index contributed by atoms with van der Waals surface area (Å²) in [7, 11) is 0. The molecule has 1 N–H and O–H groups in total. The van der Waals surface area contributed by atoms with E-state index in [2.05, 4.69) is 35.0 Å². The Balaban J connectivity index is 2.33. The quantitative estimate of drug-likeness (QED) is 0.880. The molecule has 1 radical (unpaired) electrons. The van der Waals surface area contributed by atoms with Crippen LogP contribution in [-0.4, -0.2) is 5.11 Å². The van der Waals surface area contributed by atoms with E-state index >= 15 is 0 Å². The molecule has 0 aromatic heterocycles. The van der Waals surface area contributed by atoms with E-state index in [1.54, 1.807) is 12.1 Å². The first-order valence-corrected chi connectivity index (χ1v) is 6.41. The van der Waals surface area contributed by atoms with E-state index in [9.17, 15) is 5.11 Å². The lowest BCUT2D eigenvalue weighted by Gasteiger charge is -2.15. The molecule has 0 atom stereocenters. The van der Waals surface area contributed by atoms with E-state index in [0.29, 0.717) is 5.75 Å². The lowest BCUT2D eigenvalue weighted by Crippen LogP contribution is -2.00. The van der Waals surface area contributed by atoms with Crippen LogP contribution in [0.1, 0.15) is 24.5 Å². The van der Waals surface area contributed by atoms with Gasteiger partial charge in [-0.2, -0.15) is 0 Å². The summed E-state index contributed by atoms with van der Waals surface area (Å²) in [6.45, 7) is 2.14. The lowest BCUT2D eigenvalue weighted by atomic mass is 9.89. The number of rotatable bonds is 3. The van der Waals surface area contributed by atoms with Crippen molar-refractivity contribution >= 4 is 15.9 Å². The summed E-state index contributed by atoms with van der Waals surface area (Å²) in [5.41, 5.74) is 2.38. The first-order chi connectivity index (χ1) is 8.20. The molecule has 2 aromatic rings. The van der Waals surface area contributed by atoms with Gasteiger partial charge in [0, 0.05) is 10.4 Å². The second-order valence-electron chi connectivity index (χ2n) is 3.89. The van der Waals surface area contributed by atoms with Crippen molar-refractivity contribution in [3.63, 3.8) is 0 Å². The molecule has 1 nitrogen and oxygen atoms in total. The average molecular weight is 290 g/mol. The van der Waals surface area contributed by atoms with Crippen molar-refractivity contribution < 1.29 is 5.11 Å². The van der Waals surface area contributed by atoms with Crippen LogP contribution in [0.3, 0.4) is 0 Å². The van der Waals surface area contributed by atoms with Gasteiger partial charge in [-0.3, -0.25) is 0 Å². The second kappa shape index (κ2) is 5.37. The van der Waals surface area contributed by atoms with Gasteiger partial charge in [0.2, 0.25) is 0 Å². The molecule has 0 saturated carbocycles. The maximum atomic E-state index is 9.30. The Kier molecular flexibility index (Phi) is 3.85. The number of hydrogen-bond acceptors (Lipinski definition) is 1. The van der Waals surface area contributed by atoms with Gasteiger partial charge < -0.3 is 5.11 Å². The predicted molar refractivity (Wildman–Crippen MR) is 74.0 cm³/mol. The van der Waals surface area contributed by atoms with Crippen molar-refractivity contribution in [1.29, 1.82) is 0 Å². The third kappa shape index (κ3) is 2.89. The van der Waals surface area contributed by atoms with E-state index in [0.717, 1.165) is 16.5 Å². The van der Waals surface area contributed by atoms with Gasteiger partial charge in [-0.05, 0) is 41.8 Å². The van der Waals surface area contributed by atoms with Crippen molar-refractivity contribution in [2.75, 3.05) is 0 Å². The summed E-state index contributed by atoms with van der Waals surface area (Å²) in [5, 5.41) is 9.30. The Morgan fingerprint density at radius 1 is 0.941 bits per heavy atom. The van der Waals surface area contributed by atoms with Crippen LogP contribution >= 0.6 is 15.9 Å². The van der Waals surface area contributed by atoms with E-state index in [4.69, 9.17) is 0 Å². The van der Waals surface area contributed by atoms with E-state index in [1.807, 2.05) is 24.3 Å². The van der Waals surface area contributed by atoms with Crippen LogP contribution in [-0.2, 0) is 0 Å². The summed E-state index contributed by atoms with van der Waals surface area (Å²) in [5.74, 6) is 1.59. The Bertz CT molecular complexity index is 428. The Hall–Kier alpha value is -1.28. The number of benzene rings is 2. The number of halogens is 1. The first kappa shape index (κ1) is 12.2. The Morgan fingerprint density at radius 3 is 1.88 bits per heavy atom. The molecular formula is C15H14BrO. The molecule has 17 heavy (non-hydrogen) atoms. The Morgan fingerprint density at radius 2 is 1.41 bits per heavy atom. The summed E-state index contributed by atoms with van der Waals surface area (Å²) in [6.07, 6.45) is 0.965. The second-order valence-corrected chi connectivity index (χ2v) is 4.80. The molecule has 2 rings (SSSR count). The number of hydrogen-bond donors (Lipinski definition) is 1. The summed E-state index contributed by atoms with van der Waals surface area (Å²) in [4.78, 5) is 0. The minimum Gasteiger partial charge on any atom is -0.508 e.